The zero-order valence-corrected chi connectivity index (χ0v) is 10.8. The summed E-state index contributed by atoms with van der Waals surface area (Å²) < 4.78 is 2.05. The molecule has 0 amide bonds. The van der Waals surface area contributed by atoms with Crippen LogP contribution in [0.25, 0.3) is 0 Å². The van der Waals surface area contributed by atoms with Gasteiger partial charge in [-0.2, -0.15) is 0 Å². The van der Waals surface area contributed by atoms with Crippen molar-refractivity contribution < 1.29 is 0 Å². The summed E-state index contributed by atoms with van der Waals surface area (Å²) in [5, 5.41) is 13.2. The maximum Gasteiger partial charge on any atom is 0.157 e. The molecule has 0 radical (unpaired) electrons. The fraction of sp³-hybridized carbons (Fsp3) is 0.727. The van der Waals surface area contributed by atoms with Gasteiger partial charge in [-0.1, -0.05) is 11.8 Å². The van der Waals surface area contributed by atoms with E-state index in [1.165, 1.54) is 12.8 Å². The standard InChI is InChI=1S/C11H17N5S/c1-2-16-7-14-15-10(16)6-13-11-12-5-9(17-11)8-3-4-8/h7-9H,2-6H2,1H3,(H,12,13). The number of amidine groups is 1. The molecule has 0 aromatic carbocycles. The lowest BCUT2D eigenvalue weighted by molar-refractivity contribution is 0.680. The number of aryl methyl sites for hydroxylation is 1. The Bertz CT molecular complexity index is 423. The first-order chi connectivity index (χ1) is 8.36. The van der Waals surface area contributed by atoms with Crippen molar-refractivity contribution in [1.29, 1.82) is 0 Å². The predicted molar refractivity (Wildman–Crippen MR) is 68.9 cm³/mol. The summed E-state index contributed by atoms with van der Waals surface area (Å²) in [6.07, 6.45) is 4.56. The second kappa shape index (κ2) is 4.68. The van der Waals surface area contributed by atoms with E-state index in [9.17, 15) is 0 Å². The molecule has 1 aromatic heterocycles. The van der Waals surface area contributed by atoms with E-state index >= 15 is 0 Å². The lowest BCUT2D eigenvalue weighted by atomic mass is 10.3. The molecule has 1 saturated carbocycles. The van der Waals surface area contributed by atoms with Crippen LogP contribution in [-0.2, 0) is 13.1 Å². The van der Waals surface area contributed by atoms with Crippen LogP contribution in [-0.4, -0.2) is 31.7 Å². The SMILES string of the molecule is CCn1cnnc1CNC1=NCC(C2CC2)S1. The number of hydrogen-bond acceptors (Lipinski definition) is 5. The highest BCUT2D eigenvalue weighted by Gasteiger charge is 2.35. The van der Waals surface area contributed by atoms with Crippen LogP contribution in [0.15, 0.2) is 11.3 Å². The van der Waals surface area contributed by atoms with Crippen LogP contribution >= 0.6 is 11.8 Å². The summed E-state index contributed by atoms with van der Waals surface area (Å²) in [5.41, 5.74) is 0. The number of thioether (sulfide) groups is 1. The Kier molecular flexibility index (Phi) is 3.05. The van der Waals surface area contributed by atoms with E-state index in [2.05, 4.69) is 27.4 Å². The van der Waals surface area contributed by atoms with E-state index in [0.717, 1.165) is 41.8 Å². The van der Waals surface area contributed by atoms with Gasteiger partial charge in [-0.15, -0.1) is 10.2 Å². The third-order valence-corrected chi connectivity index (χ3v) is 4.59. The molecule has 1 fully saturated rings. The van der Waals surface area contributed by atoms with Crippen molar-refractivity contribution in [3.05, 3.63) is 12.2 Å². The van der Waals surface area contributed by atoms with Crippen LogP contribution in [0.3, 0.4) is 0 Å². The first-order valence-corrected chi connectivity index (χ1v) is 7.06. The van der Waals surface area contributed by atoms with Crippen LogP contribution in [0.4, 0.5) is 0 Å². The lowest BCUT2D eigenvalue weighted by Gasteiger charge is -2.07. The van der Waals surface area contributed by atoms with E-state index in [1.807, 2.05) is 16.3 Å². The summed E-state index contributed by atoms with van der Waals surface area (Å²) >= 11 is 1.90. The van der Waals surface area contributed by atoms with Crippen molar-refractivity contribution in [1.82, 2.24) is 20.1 Å². The molecule has 3 rings (SSSR count). The third kappa shape index (κ3) is 2.46. The molecule has 1 aliphatic heterocycles. The van der Waals surface area contributed by atoms with Crippen LogP contribution < -0.4 is 5.32 Å². The first kappa shape index (κ1) is 11.1. The minimum atomic E-state index is 0.719. The third-order valence-electron chi connectivity index (χ3n) is 3.26. The molecular formula is C11H17N5S. The number of aliphatic imine (C=N–C) groups is 1. The van der Waals surface area contributed by atoms with Crippen molar-refractivity contribution in [3.8, 4) is 0 Å². The number of nitrogens with one attached hydrogen (secondary N) is 1. The smallest absolute Gasteiger partial charge is 0.157 e. The summed E-state index contributed by atoms with van der Waals surface area (Å²) in [6.45, 7) is 4.71. The average molecular weight is 251 g/mol. The van der Waals surface area contributed by atoms with Crippen molar-refractivity contribution in [2.24, 2.45) is 10.9 Å². The normalized spacial score (nSPS) is 23.8. The molecule has 0 bridgehead atoms. The van der Waals surface area contributed by atoms with Crippen LogP contribution in [0.2, 0.25) is 0 Å². The average Bonchev–Trinajstić information content (AvgIpc) is 2.93. The van der Waals surface area contributed by atoms with Crippen molar-refractivity contribution in [3.63, 3.8) is 0 Å². The minimum Gasteiger partial charge on any atom is -0.358 e. The lowest BCUT2D eigenvalue weighted by Crippen LogP contribution is -2.21. The maximum absolute atomic E-state index is 4.54. The molecule has 2 heterocycles. The van der Waals surface area contributed by atoms with Gasteiger partial charge in [0.1, 0.15) is 6.33 Å². The van der Waals surface area contributed by atoms with Crippen LogP contribution in [0, 0.1) is 5.92 Å². The maximum atomic E-state index is 4.54. The molecule has 0 spiro atoms. The second-order valence-electron chi connectivity index (χ2n) is 4.53. The Morgan fingerprint density at radius 1 is 1.53 bits per heavy atom. The summed E-state index contributed by atoms with van der Waals surface area (Å²) in [6, 6.07) is 0. The van der Waals surface area contributed by atoms with Gasteiger partial charge < -0.3 is 9.88 Å². The summed E-state index contributed by atoms with van der Waals surface area (Å²) in [7, 11) is 0. The van der Waals surface area contributed by atoms with Gasteiger partial charge in [0.2, 0.25) is 0 Å². The van der Waals surface area contributed by atoms with Gasteiger partial charge >= 0.3 is 0 Å². The van der Waals surface area contributed by atoms with Gasteiger partial charge in [-0.05, 0) is 25.7 Å². The molecule has 5 nitrogen and oxygen atoms in total. The Hall–Kier alpha value is -1.04. The number of rotatable bonds is 4. The number of aromatic nitrogens is 3. The van der Waals surface area contributed by atoms with E-state index in [0.29, 0.717) is 0 Å². The van der Waals surface area contributed by atoms with Crippen LogP contribution in [0.1, 0.15) is 25.6 Å². The van der Waals surface area contributed by atoms with E-state index in [1.54, 1.807) is 6.33 Å². The van der Waals surface area contributed by atoms with Crippen molar-refractivity contribution in [2.45, 2.75) is 38.1 Å². The summed E-state index contributed by atoms with van der Waals surface area (Å²) in [4.78, 5) is 4.54. The van der Waals surface area contributed by atoms with E-state index in [-0.39, 0.29) is 0 Å². The zero-order valence-electron chi connectivity index (χ0n) is 9.96. The van der Waals surface area contributed by atoms with Gasteiger partial charge in [0.25, 0.3) is 0 Å². The Morgan fingerprint density at radius 3 is 3.18 bits per heavy atom. The molecule has 1 aliphatic carbocycles. The number of hydrogen-bond donors (Lipinski definition) is 1. The largest absolute Gasteiger partial charge is 0.358 e. The monoisotopic (exact) mass is 251 g/mol. The predicted octanol–water partition coefficient (Wildman–Crippen LogP) is 1.27. The Balaban J connectivity index is 1.51. The Morgan fingerprint density at radius 2 is 2.41 bits per heavy atom. The fourth-order valence-electron chi connectivity index (χ4n) is 2.04. The quantitative estimate of drug-likeness (QED) is 0.875. The van der Waals surface area contributed by atoms with E-state index < -0.39 is 0 Å². The van der Waals surface area contributed by atoms with Crippen LogP contribution in [0.5, 0.6) is 0 Å². The van der Waals surface area contributed by atoms with Gasteiger partial charge in [-0.3, -0.25) is 4.99 Å². The molecule has 0 saturated heterocycles. The van der Waals surface area contributed by atoms with Gasteiger partial charge in [0.05, 0.1) is 13.1 Å². The van der Waals surface area contributed by atoms with Crippen molar-refractivity contribution >= 4 is 16.9 Å². The molecule has 1 aromatic rings. The molecule has 1 atom stereocenters. The highest BCUT2D eigenvalue weighted by atomic mass is 32.2. The molecule has 6 heteroatoms. The van der Waals surface area contributed by atoms with Gasteiger partial charge in [0, 0.05) is 11.8 Å². The highest BCUT2D eigenvalue weighted by molar-refractivity contribution is 8.14. The molecule has 1 N–H and O–H groups in total. The molecule has 17 heavy (non-hydrogen) atoms. The number of nitrogens with zero attached hydrogens (tertiary/aromatic N) is 4. The topological polar surface area (TPSA) is 55.1 Å². The first-order valence-electron chi connectivity index (χ1n) is 6.18. The van der Waals surface area contributed by atoms with Gasteiger partial charge in [-0.25, -0.2) is 0 Å². The zero-order chi connectivity index (χ0) is 11.7. The molecule has 92 valence electrons. The summed E-state index contributed by atoms with van der Waals surface area (Å²) in [5.74, 6) is 1.90. The van der Waals surface area contributed by atoms with Crippen molar-refractivity contribution in [2.75, 3.05) is 6.54 Å². The Labute approximate surface area is 105 Å². The molecule has 1 unspecified atom stereocenters. The van der Waals surface area contributed by atoms with E-state index in [4.69, 9.17) is 0 Å². The fourth-order valence-corrected chi connectivity index (χ4v) is 3.24. The van der Waals surface area contributed by atoms with Gasteiger partial charge in [0.15, 0.2) is 11.0 Å². The minimum absolute atomic E-state index is 0.719. The molecular weight excluding hydrogens is 234 g/mol. The molecule has 2 aliphatic rings. The second-order valence-corrected chi connectivity index (χ2v) is 5.75. The highest BCUT2D eigenvalue weighted by Crippen LogP contribution is 2.41.